The number of hydrogen-bond donors (Lipinski definition) is 2. The molecule has 0 radical (unpaired) electrons. The summed E-state index contributed by atoms with van der Waals surface area (Å²) in [6.07, 6.45) is 0.352. The van der Waals surface area contributed by atoms with Crippen LogP contribution in [0.3, 0.4) is 0 Å². The maximum atomic E-state index is 12.2. The van der Waals surface area contributed by atoms with Crippen LogP contribution in [-0.2, 0) is 16.0 Å². The Morgan fingerprint density at radius 1 is 1.44 bits per heavy atom. The molecule has 1 aromatic carbocycles. The van der Waals surface area contributed by atoms with Gasteiger partial charge in [-0.2, -0.15) is 0 Å². The van der Waals surface area contributed by atoms with Gasteiger partial charge < -0.3 is 14.7 Å². The number of aliphatic hydroxyl groups excluding tert-OH is 1. The van der Waals surface area contributed by atoms with Gasteiger partial charge in [-0.15, -0.1) is 12.6 Å². The van der Waals surface area contributed by atoms with Crippen LogP contribution in [0, 0.1) is 0 Å². The summed E-state index contributed by atoms with van der Waals surface area (Å²) in [6, 6.07) is 7.32. The Kier molecular flexibility index (Phi) is 4.63. The minimum atomic E-state index is -0.213. The lowest BCUT2D eigenvalue weighted by Crippen LogP contribution is -2.51. The predicted molar refractivity (Wildman–Crippen MR) is 70.8 cm³/mol. The van der Waals surface area contributed by atoms with Gasteiger partial charge >= 0.3 is 0 Å². The van der Waals surface area contributed by atoms with E-state index < -0.39 is 0 Å². The summed E-state index contributed by atoms with van der Waals surface area (Å²) in [4.78, 5) is 14.7. The Hall–Kier alpha value is -1.04. The average Bonchev–Trinajstić information content (AvgIpc) is 2.41. The van der Waals surface area contributed by atoms with Crippen LogP contribution in [-0.4, -0.2) is 48.3 Å². The van der Waals surface area contributed by atoms with Gasteiger partial charge in [0.1, 0.15) is 0 Å². The standard InChI is InChI=1S/C13H17NO3S/c15-8-11-9-17-6-5-14(11)13(16)7-10-1-3-12(18)4-2-10/h1-4,11,15,18H,5-9H2. The molecule has 18 heavy (non-hydrogen) atoms. The predicted octanol–water partition coefficient (Wildman–Crippen LogP) is 0.737. The van der Waals surface area contributed by atoms with E-state index in [4.69, 9.17) is 4.74 Å². The highest BCUT2D eigenvalue weighted by Gasteiger charge is 2.26. The Labute approximate surface area is 112 Å². The number of benzene rings is 1. The van der Waals surface area contributed by atoms with Gasteiger partial charge in [0, 0.05) is 11.4 Å². The summed E-state index contributed by atoms with van der Waals surface area (Å²) >= 11 is 4.21. The normalized spacial score (nSPS) is 19.9. The van der Waals surface area contributed by atoms with E-state index in [1.165, 1.54) is 0 Å². The molecule has 1 N–H and O–H groups in total. The second-order valence-corrected chi connectivity index (χ2v) is 4.86. The Morgan fingerprint density at radius 3 is 2.83 bits per heavy atom. The number of amides is 1. The number of nitrogens with zero attached hydrogens (tertiary/aromatic N) is 1. The van der Waals surface area contributed by atoms with Gasteiger partial charge in [0.15, 0.2) is 0 Å². The fourth-order valence-electron chi connectivity index (χ4n) is 2.02. The molecule has 1 saturated heterocycles. The molecule has 1 aliphatic rings. The van der Waals surface area contributed by atoms with Gasteiger partial charge in [-0.25, -0.2) is 0 Å². The van der Waals surface area contributed by atoms with Crippen LogP contribution in [0.15, 0.2) is 29.2 Å². The fourth-order valence-corrected chi connectivity index (χ4v) is 2.17. The minimum Gasteiger partial charge on any atom is -0.394 e. The third-order valence-corrected chi connectivity index (χ3v) is 3.35. The summed E-state index contributed by atoms with van der Waals surface area (Å²) in [7, 11) is 0. The number of hydrogen-bond acceptors (Lipinski definition) is 4. The van der Waals surface area contributed by atoms with E-state index in [1.807, 2.05) is 24.3 Å². The molecule has 5 heteroatoms. The van der Waals surface area contributed by atoms with Crippen molar-refractivity contribution in [1.82, 2.24) is 4.90 Å². The molecular weight excluding hydrogens is 250 g/mol. The Morgan fingerprint density at radius 2 is 2.17 bits per heavy atom. The molecule has 0 saturated carbocycles. The smallest absolute Gasteiger partial charge is 0.227 e. The minimum absolute atomic E-state index is 0.0317. The Balaban J connectivity index is 2.00. The van der Waals surface area contributed by atoms with E-state index in [0.717, 1.165) is 10.5 Å². The first-order valence-electron chi connectivity index (χ1n) is 5.96. The molecule has 98 valence electrons. The summed E-state index contributed by atoms with van der Waals surface area (Å²) in [5.41, 5.74) is 0.959. The quantitative estimate of drug-likeness (QED) is 0.794. The van der Waals surface area contributed by atoms with Gasteiger partial charge in [0.2, 0.25) is 5.91 Å². The number of morpholine rings is 1. The first-order chi connectivity index (χ1) is 8.70. The van der Waals surface area contributed by atoms with Gasteiger partial charge in [-0.3, -0.25) is 4.79 Å². The van der Waals surface area contributed by atoms with Crippen LogP contribution in [0.4, 0.5) is 0 Å². The van der Waals surface area contributed by atoms with Crippen molar-refractivity contribution in [3.05, 3.63) is 29.8 Å². The highest BCUT2D eigenvalue weighted by Crippen LogP contribution is 2.12. The number of rotatable bonds is 3. The second-order valence-electron chi connectivity index (χ2n) is 4.34. The van der Waals surface area contributed by atoms with E-state index in [-0.39, 0.29) is 18.6 Å². The summed E-state index contributed by atoms with van der Waals surface area (Å²) in [5.74, 6) is 0.0317. The number of ether oxygens (including phenoxy) is 1. The van der Waals surface area contributed by atoms with Crippen molar-refractivity contribution in [2.45, 2.75) is 17.4 Å². The molecule has 1 amide bonds. The molecule has 1 heterocycles. The third-order valence-electron chi connectivity index (χ3n) is 3.05. The van der Waals surface area contributed by atoms with Crippen molar-refractivity contribution in [3.8, 4) is 0 Å². The zero-order chi connectivity index (χ0) is 13.0. The van der Waals surface area contributed by atoms with Crippen molar-refractivity contribution in [2.75, 3.05) is 26.4 Å². The van der Waals surface area contributed by atoms with Crippen LogP contribution in [0.2, 0.25) is 0 Å². The third kappa shape index (κ3) is 3.25. The monoisotopic (exact) mass is 267 g/mol. The van der Waals surface area contributed by atoms with Gasteiger partial charge in [0.25, 0.3) is 0 Å². The molecule has 1 atom stereocenters. The SMILES string of the molecule is O=C(Cc1ccc(S)cc1)N1CCOCC1CO. The molecule has 0 aromatic heterocycles. The lowest BCUT2D eigenvalue weighted by atomic mass is 10.1. The molecule has 2 rings (SSSR count). The zero-order valence-electron chi connectivity index (χ0n) is 10.1. The first kappa shape index (κ1) is 13.4. The molecular formula is C13H17NO3S. The second kappa shape index (κ2) is 6.22. The van der Waals surface area contributed by atoms with Crippen LogP contribution in [0.25, 0.3) is 0 Å². The van der Waals surface area contributed by atoms with Crippen LogP contribution < -0.4 is 0 Å². The lowest BCUT2D eigenvalue weighted by Gasteiger charge is -2.34. The van der Waals surface area contributed by atoms with E-state index in [9.17, 15) is 9.90 Å². The van der Waals surface area contributed by atoms with Crippen molar-refractivity contribution in [2.24, 2.45) is 0 Å². The van der Waals surface area contributed by atoms with Gasteiger partial charge in [-0.1, -0.05) is 12.1 Å². The number of aliphatic hydroxyl groups is 1. The zero-order valence-corrected chi connectivity index (χ0v) is 11.0. The van der Waals surface area contributed by atoms with Crippen molar-refractivity contribution in [1.29, 1.82) is 0 Å². The fraction of sp³-hybridized carbons (Fsp3) is 0.462. The topological polar surface area (TPSA) is 49.8 Å². The van der Waals surface area contributed by atoms with E-state index in [1.54, 1.807) is 4.90 Å². The molecule has 0 spiro atoms. The van der Waals surface area contributed by atoms with E-state index in [2.05, 4.69) is 12.6 Å². The number of carbonyl (C=O) groups excluding carboxylic acids is 1. The molecule has 1 fully saturated rings. The maximum Gasteiger partial charge on any atom is 0.227 e. The van der Waals surface area contributed by atoms with Crippen molar-refractivity contribution < 1.29 is 14.6 Å². The molecule has 1 unspecified atom stereocenters. The number of thiol groups is 1. The summed E-state index contributed by atoms with van der Waals surface area (Å²) < 4.78 is 5.26. The van der Waals surface area contributed by atoms with E-state index in [0.29, 0.717) is 26.2 Å². The van der Waals surface area contributed by atoms with Crippen molar-refractivity contribution in [3.63, 3.8) is 0 Å². The van der Waals surface area contributed by atoms with Crippen LogP contribution >= 0.6 is 12.6 Å². The van der Waals surface area contributed by atoms with Crippen molar-refractivity contribution >= 4 is 18.5 Å². The molecule has 1 aromatic rings. The molecule has 1 aliphatic heterocycles. The molecule has 4 nitrogen and oxygen atoms in total. The van der Waals surface area contributed by atoms with Crippen LogP contribution in [0.5, 0.6) is 0 Å². The maximum absolute atomic E-state index is 12.2. The largest absolute Gasteiger partial charge is 0.394 e. The van der Waals surface area contributed by atoms with E-state index >= 15 is 0 Å². The van der Waals surface area contributed by atoms with Gasteiger partial charge in [0.05, 0.1) is 32.3 Å². The van der Waals surface area contributed by atoms with Crippen LogP contribution in [0.1, 0.15) is 5.56 Å². The number of carbonyl (C=O) groups is 1. The highest BCUT2D eigenvalue weighted by atomic mass is 32.1. The average molecular weight is 267 g/mol. The summed E-state index contributed by atoms with van der Waals surface area (Å²) in [5, 5.41) is 9.23. The lowest BCUT2D eigenvalue weighted by molar-refractivity contribution is -0.140. The van der Waals surface area contributed by atoms with Gasteiger partial charge in [-0.05, 0) is 17.7 Å². The summed E-state index contributed by atoms with van der Waals surface area (Å²) in [6.45, 7) is 1.45. The highest BCUT2D eigenvalue weighted by molar-refractivity contribution is 7.80. The molecule has 0 aliphatic carbocycles. The Bertz CT molecular complexity index is 407. The molecule has 0 bridgehead atoms. The first-order valence-corrected chi connectivity index (χ1v) is 6.41.